The largest absolute Gasteiger partial charge is 0.507 e. The van der Waals surface area contributed by atoms with Crippen LogP contribution in [0.15, 0.2) is 97.1 Å². The van der Waals surface area contributed by atoms with Gasteiger partial charge in [-0.05, 0) is 36.4 Å². The maximum Gasteiger partial charge on any atom is 0.133 e. The van der Waals surface area contributed by atoms with E-state index in [1.807, 2.05) is 72.8 Å². The molecule has 2 nitrogen and oxygen atoms in total. The summed E-state index contributed by atoms with van der Waals surface area (Å²) in [6.07, 6.45) is 0. The average molecular weight is 359 g/mol. The fraction of sp³-hybridized carbons (Fsp3) is 0. The molecule has 0 unspecified atom stereocenters. The fourth-order valence-electron chi connectivity index (χ4n) is 3.62. The van der Waals surface area contributed by atoms with E-state index in [4.69, 9.17) is 0 Å². The van der Waals surface area contributed by atoms with Gasteiger partial charge in [0.2, 0.25) is 0 Å². The first-order chi connectivity index (χ1) is 13.8. The van der Waals surface area contributed by atoms with Crippen molar-refractivity contribution in [2.75, 3.05) is 0 Å². The Morgan fingerprint density at radius 1 is 0.607 bits per heavy atom. The first-order valence-corrected chi connectivity index (χ1v) is 9.20. The molecule has 1 aromatic heterocycles. The van der Waals surface area contributed by atoms with Crippen LogP contribution in [0.5, 0.6) is 5.75 Å². The molecule has 0 fully saturated rings. The number of phenols is 1. The van der Waals surface area contributed by atoms with Crippen molar-refractivity contribution >= 4 is 21.8 Å². The van der Waals surface area contributed by atoms with Gasteiger partial charge in [-0.3, -0.25) is 0 Å². The van der Waals surface area contributed by atoms with Crippen LogP contribution >= 0.6 is 0 Å². The number of hydrogen-bond donors (Lipinski definition) is 1. The Kier molecular flexibility index (Phi) is 3.85. The lowest BCUT2D eigenvalue weighted by Gasteiger charge is -2.08. The average Bonchev–Trinajstić information content (AvgIpc) is 3.06. The zero-order valence-electron chi connectivity index (χ0n) is 15.1. The second-order valence-electron chi connectivity index (χ2n) is 6.69. The lowest BCUT2D eigenvalue weighted by molar-refractivity contribution is 0.474. The first-order valence-electron chi connectivity index (χ1n) is 9.20. The summed E-state index contributed by atoms with van der Waals surface area (Å²) >= 11 is 0. The predicted octanol–water partition coefficient (Wildman–Crippen LogP) is 5.89. The van der Waals surface area contributed by atoms with Gasteiger partial charge >= 0.3 is 0 Å². The van der Waals surface area contributed by atoms with E-state index in [9.17, 15) is 5.11 Å². The van der Waals surface area contributed by atoms with Crippen LogP contribution in [-0.2, 0) is 0 Å². The molecule has 0 aliphatic rings. The van der Waals surface area contributed by atoms with Crippen molar-refractivity contribution in [3.63, 3.8) is 0 Å². The third-order valence-electron chi connectivity index (χ3n) is 4.92. The Bertz CT molecular complexity index is 1350. The Morgan fingerprint density at radius 2 is 1.29 bits per heavy atom. The summed E-state index contributed by atoms with van der Waals surface area (Å²) in [5, 5.41) is 12.9. The van der Waals surface area contributed by atoms with Crippen molar-refractivity contribution in [2.24, 2.45) is 0 Å². The number of aromatic nitrogens is 1. The van der Waals surface area contributed by atoms with Gasteiger partial charge in [-0.15, -0.1) is 0 Å². The molecule has 0 radical (unpaired) electrons. The van der Waals surface area contributed by atoms with Crippen molar-refractivity contribution < 1.29 is 5.11 Å². The van der Waals surface area contributed by atoms with Gasteiger partial charge in [0.25, 0.3) is 0 Å². The van der Waals surface area contributed by atoms with Crippen molar-refractivity contribution in [3.05, 3.63) is 108 Å². The second-order valence-corrected chi connectivity index (χ2v) is 6.69. The van der Waals surface area contributed by atoms with Crippen LogP contribution in [0.25, 0.3) is 27.5 Å². The normalized spacial score (nSPS) is 10.7. The molecule has 0 spiro atoms. The van der Waals surface area contributed by atoms with Gasteiger partial charge in [0, 0.05) is 28.1 Å². The summed E-state index contributed by atoms with van der Waals surface area (Å²) in [4.78, 5) is 0. The highest BCUT2D eigenvalue weighted by molar-refractivity contribution is 6.10. The second kappa shape index (κ2) is 6.64. The highest BCUT2D eigenvalue weighted by Crippen LogP contribution is 2.35. The number of phenolic OH excluding ortho intramolecular Hbond substituents is 1. The molecule has 0 saturated heterocycles. The predicted molar refractivity (Wildman–Crippen MR) is 115 cm³/mol. The lowest BCUT2D eigenvalue weighted by atomic mass is 10.1. The maximum atomic E-state index is 10.7. The minimum atomic E-state index is 0.191. The van der Waals surface area contributed by atoms with Gasteiger partial charge in [0.05, 0.1) is 16.6 Å². The zero-order chi connectivity index (χ0) is 18.9. The molecular formula is C26H17NO. The fourth-order valence-corrected chi connectivity index (χ4v) is 3.62. The molecule has 28 heavy (non-hydrogen) atoms. The molecule has 4 aromatic carbocycles. The molecule has 2 heteroatoms. The van der Waals surface area contributed by atoms with Crippen molar-refractivity contribution in [2.45, 2.75) is 0 Å². The molecule has 0 bridgehead atoms. The summed E-state index contributed by atoms with van der Waals surface area (Å²) in [5.74, 6) is 6.45. The van der Waals surface area contributed by atoms with Crippen LogP contribution in [0.1, 0.15) is 11.1 Å². The molecule has 0 aliphatic carbocycles. The number of para-hydroxylation sites is 2. The number of hydrogen-bond acceptors (Lipinski definition) is 1. The summed E-state index contributed by atoms with van der Waals surface area (Å²) < 4.78 is 2.18. The van der Waals surface area contributed by atoms with Crippen LogP contribution in [0.2, 0.25) is 0 Å². The number of rotatable bonds is 1. The van der Waals surface area contributed by atoms with Crippen LogP contribution in [0.4, 0.5) is 0 Å². The molecule has 132 valence electrons. The van der Waals surface area contributed by atoms with Crippen LogP contribution in [0, 0.1) is 11.8 Å². The zero-order valence-corrected chi connectivity index (χ0v) is 15.1. The highest BCUT2D eigenvalue weighted by Gasteiger charge is 2.14. The molecular weight excluding hydrogens is 342 g/mol. The van der Waals surface area contributed by atoms with E-state index in [-0.39, 0.29) is 5.75 Å². The molecule has 5 rings (SSSR count). The van der Waals surface area contributed by atoms with E-state index in [1.54, 1.807) is 0 Å². The van der Waals surface area contributed by atoms with Gasteiger partial charge in [-0.1, -0.05) is 66.4 Å². The van der Waals surface area contributed by atoms with Crippen molar-refractivity contribution in [3.8, 4) is 23.3 Å². The standard InChI is InChI=1S/C26H17NO/c28-26-18-25-23(17-20(26)16-15-19-9-3-1-4-10-19)22-13-7-8-14-24(22)27(25)21-11-5-2-6-12-21/h1-14,17-18,28H. The Hall–Kier alpha value is -3.96. The number of fused-ring (bicyclic) bond motifs is 3. The number of aromatic hydroxyl groups is 1. The van der Waals surface area contributed by atoms with E-state index in [1.165, 1.54) is 0 Å². The molecule has 0 amide bonds. The van der Waals surface area contributed by atoms with Crippen LogP contribution in [0.3, 0.4) is 0 Å². The van der Waals surface area contributed by atoms with Crippen molar-refractivity contribution in [1.82, 2.24) is 4.57 Å². The number of benzene rings is 4. The van der Waals surface area contributed by atoms with E-state index in [0.29, 0.717) is 5.56 Å². The Morgan fingerprint density at radius 3 is 2.07 bits per heavy atom. The van der Waals surface area contributed by atoms with Crippen molar-refractivity contribution in [1.29, 1.82) is 0 Å². The van der Waals surface area contributed by atoms with E-state index in [0.717, 1.165) is 33.1 Å². The van der Waals surface area contributed by atoms with Gasteiger partial charge in [0.15, 0.2) is 0 Å². The smallest absolute Gasteiger partial charge is 0.133 e. The quantitative estimate of drug-likeness (QED) is 0.371. The Balaban J connectivity index is 1.77. The van der Waals surface area contributed by atoms with Gasteiger partial charge < -0.3 is 9.67 Å². The highest BCUT2D eigenvalue weighted by atomic mass is 16.3. The SMILES string of the molecule is Oc1cc2c(cc1C#Cc1ccccc1)c1ccccc1n2-c1ccccc1. The van der Waals surface area contributed by atoms with Gasteiger partial charge in [-0.2, -0.15) is 0 Å². The third-order valence-corrected chi connectivity index (χ3v) is 4.92. The summed E-state index contributed by atoms with van der Waals surface area (Å²) in [6.45, 7) is 0. The van der Waals surface area contributed by atoms with E-state index >= 15 is 0 Å². The minimum Gasteiger partial charge on any atom is -0.507 e. The van der Waals surface area contributed by atoms with Gasteiger partial charge in [0.1, 0.15) is 5.75 Å². The van der Waals surface area contributed by atoms with E-state index in [2.05, 4.69) is 40.7 Å². The molecule has 0 aliphatic heterocycles. The number of nitrogens with zero attached hydrogens (tertiary/aromatic N) is 1. The first kappa shape index (κ1) is 16.2. The summed E-state index contributed by atoms with van der Waals surface area (Å²) in [7, 11) is 0. The topological polar surface area (TPSA) is 25.2 Å². The summed E-state index contributed by atoms with van der Waals surface area (Å²) in [5.41, 5.74) is 4.70. The molecule has 0 saturated carbocycles. The minimum absolute atomic E-state index is 0.191. The van der Waals surface area contributed by atoms with E-state index < -0.39 is 0 Å². The maximum absolute atomic E-state index is 10.7. The Labute approximate surface area is 163 Å². The molecule has 1 heterocycles. The van der Waals surface area contributed by atoms with Gasteiger partial charge in [-0.25, -0.2) is 0 Å². The van der Waals surface area contributed by atoms with Crippen LogP contribution in [-0.4, -0.2) is 9.67 Å². The third kappa shape index (κ3) is 2.71. The lowest BCUT2D eigenvalue weighted by Crippen LogP contribution is -1.93. The van der Waals surface area contributed by atoms with Crippen LogP contribution < -0.4 is 0 Å². The molecule has 5 aromatic rings. The molecule has 0 atom stereocenters. The molecule has 1 N–H and O–H groups in total. The summed E-state index contributed by atoms with van der Waals surface area (Å²) in [6, 6.07) is 32.1. The monoisotopic (exact) mass is 359 g/mol.